The number of piperazine rings is 1. The average molecular weight is 262 g/mol. The summed E-state index contributed by atoms with van der Waals surface area (Å²) >= 11 is 0. The summed E-state index contributed by atoms with van der Waals surface area (Å²) in [4.78, 5) is 2.45. The molecule has 1 aromatic rings. The molecule has 1 aliphatic heterocycles. The number of methoxy groups -OCH3 is 1. The molecule has 3 heteroatoms. The third-order valence-corrected chi connectivity index (χ3v) is 3.69. The summed E-state index contributed by atoms with van der Waals surface area (Å²) in [7, 11) is 1.75. The monoisotopic (exact) mass is 262 g/mol. The first-order chi connectivity index (χ1) is 9.10. The van der Waals surface area contributed by atoms with E-state index in [-0.39, 0.29) is 0 Å². The quantitative estimate of drug-likeness (QED) is 0.903. The van der Waals surface area contributed by atoms with Gasteiger partial charge in [-0.15, -0.1) is 0 Å². The molecule has 1 aromatic carbocycles. The average Bonchev–Trinajstić information content (AvgIpc) is 2.38. The van der Waals surface area contributed by atoms with Gasteiger partial charge in [0.1, 0.15) is 5.75 Å². The fourth-order valence-corrected chi connectivity index (χ4v) is 2.82. The molecule has 0 amide bonds. The second-order valence-electron chi connectivity index (χ2n) is 5.90. The minimum atomic E-state index is 0.582. The number of hydrogen-bond donors (Lipinski definition) is 1. The van der Waals surface area contributed by atoms with Gasteiger partial charge in [0, 0.05) is 25.7 Å². The highest BCUT2D eigenvalue weighted by Crippen LogP contribution is 2.30. The van der Waals surface area contributed by atoms with Crippen molar-refractivity contribution in [2.45, 2.75) is 33.2 Å². The van der Waals surface area contributed by atoms with Crippen molar-refractivity contribution < 1.29 is 4.74 Å². The van der Waals surface area contributed by atoms with Crippen molar-refractivity contribution in [1.29, 1.82) is 0 Å². The molecule has 1 heterocycles. The van der Waals surface area contributed by atoms with E-state index in [0.29, 0.717) is 6.04 Å². The van der Waals surface area contributed by atoms with Crippen LogP contribution in [0.5, 0.6) is 5.75 Å². The highest BCUT2D eigenvalue weighted by molar-refractivity contribution is 5.60. The van der Waals surface area contributed by atoms with Crippen molar-refractivity contribution in [2.75, 3.05) is 31.6 Å². The molecule has 1 unspecified atom stereocenters. The summed E-state index contributed by atoms with van der Waals surface area (Å²) in [5.74, 6) is 1.72. The van der Waals surface area contributed by atoms with Gasteiger partial charge in [-0.1, -0.05) is 19.9 Å². The van der Waals surface area contributed by atoms with E-state index in [1.54, 1.807) is 7.11 Å². The maximum atomic E-state index is 5.51. The Morgan fingerprint density at radius 1 is 1.42 bits per heavy atom. The normalized spacial score (nSPS) is 19.8. The van der Waals surface area contributed by atoms with Crippen molar-refractivity contribution in [3.63, 3.8) is 0 Å². The number of hydrogen-bond acceptors (Lipinski definition) is 3. The number of anilines is 1. The van der Waals surface area contributed by atoms with Crippen LogP contribution >= 0.6 is 0 Å². The molecule has 1 fully saturated rings. The standard InChI is InChI=1S/C16H26N2O/c1-12(2)9-14-11-18(8-7-17-14)15-10-13(3)5-6-16(15)19-4/h5-6,10,12,14,17H,7-9,11H2,1-4H3. The molecule has 0 saturated carbocycles. The predicted octanol–water partition coefficient (Wildman–Crippen LogP) is 2.83. The second-order valence-corrected chi connectivity index (χ2v) is 5.90. The van der Waals surface area contributed by atoms with Gasteiger partial charge in [-0.05, 0) is 37.0 Å². The zero-order valence-electron chi connectivity index (χ0n) is 12.6. The number of benzene rings is 1. The first kappa shape index (κ1) is 14.2. The molecule has 19 heavy (non-hydrogen) atoms. The summed E-state index contributed by atoms with van der Waals surface area (Å²) in [6, 6.07) is 7.00. The first-order valence-corrected chi connectivity index (χ1v) is 7.23. The van der Waals surface area contributed by atoms with Crippen LogP contribution in [0.25, 0.3) is 0 Å². The Bertz CT molecular complexity index is 417. The van der Waals surface area contributed by atoms with Crippen LogP contribution in [0.1, 0.15) is 25.8 Å². The number of aryl methyl sites for hydroxylation is 1. The number of nitrogens with one attached hydrogen (secondary N) is 1. The lowest BCUT2D eigenvalue weighted by Gasteiger charge is -2.36. The van der Waals surface area contributed by atoms with Crippen LogP contribution in [0.3, 0.4) is 0 Å². The Morgan fingerprint density at radius 2 is 2.21 bits per heavy atom. The largest absolute Gasteiger partial charge is 0.495 e. The highest BCUT2D eigenvalue weighted by atomic mass is 16.5. The van der Waals surface area contributed by atoms with E-state index in [4.69, 9.17) is 4.74 Å². The Balaban J connectivity index is 2.14. The van der Waals surface area contributed by atoms with Crippen molar-refractivity contribution >= 4 is 5.69 Å². The van der Waals surface area contributed by atoms with Gasteiger partial charge in [-0.3, -0.25) is 0 Å². The molecule has 1 saturated heterocycles. The van der Waals surface area contributed by atoms with Crippen LogP contribution in [0, 0.1) is 12.8 Å². The van der Waals surface area contributed by atoms with Crippen LogP contribution in [0.15, 0.2) is 18.2 Å². The van der Waals surface area contributed by atoms with Gasteiger partial charge >= 0.3 is 0 Å². The maximum absolute atomic E-state index is 5.51. The maximum Gasteiger partial charge on any atom is 0.142 e. The van der Waals surface area contributed by atoms with E-state index in [1.165, 1.54) is 17.7 Å². The van der Waals surface area contributed by atoms with Crippen LogP contribution in [0.4, 0.5) is 5.69 Å². The molecule has 1 N–H and O–H groups in total. The van der Waals surface area contributed by atoms with E-state index in [2.05, 4.69) is 49.2 Å². The van der Waals surface area contributed by atoms with Crippen molar-refractivity contribution in [3.8, 4) is 5.75 Å². The fraction of sp³-hybridized carbons (Fsp3) is 0.625. The molecule has 2 rings (SSSR count). The summed E-state index contributed by atoms with van der Waals surface area (Å²) in [5.41, 5.74) is 2.52. The smallest absolute Gasteiger partial charge is 0.142 e. The lowest BCUT2D eigenvalue weighted by molar-refractivity contribution is 0.380. The van der Waals surface area contributed by atoms with E-state index in [0.717, 1.165) is 31.3 Å². The van der Waals surface area contributed by atoms with Crippen molar-refractivity contribution in [2.24, 2.45) is 5.92 Å². The molecule has 0 bridgehead atoms. The van der Waals surface area contributed by atoms with Crippen molar-refractivity contribution in [1.82, 2.24) is 5.32 Å². The van der Waals surface area contributed by atoms with Crippen LogP contribution in [0.2, 0.25) is 0 Å². The molecule has 0 aliphatic carbocycles. The Labute approximate surface area is 116 Å². The molecule has 0 aromatic heterocycles. The fourth-order valence-electron chi connectivity index (χ4n) is 2.82. The zero-order chi connectivity index (χ0) is 13.8. The Hall–Kier alpha value is -1.22. The van der Waals surface area contributed by atoms with E-state index < -0.39 is 0 Å². The number of nitrogens with zero attached hydrogens (tertiary/aromatic N) is 1. The molecule has 106 valence electrons. The lowest BCUT2D eigenvalue weighted by atomic mass is 10.0. The number of ether oxygens (including phenoxy) is 1. The molecule has 0 radical (unpaired) electrons. The third-order valence-electron chi connectivity index (χ3n) is 3.69. The highest BCUT2D eigenvalue weighted by Gasteiger charge is 2.22. The summed E-state index contributed by atoms with van der Waals surface area (Å²) < 4.78 is 5.51. The summed E-state index contributed by atoms with van der Waals surface area (Å²) in [6.45, 7) is 9.87. The minimum Gasteiger partial charge on any atom is -0.495 e. The van der Waals surface area contributed by atoms with Crippen LogP contribution in [-0.2, 0) is 0 Å². The van der Waals surface area contributed by atoms with Gasteiger partial charge in [-0.2, -0.15) is 0 Å². The summed E-state index contributed by atoms with van der Waals surface area (Å²) in [5, 5.41) is 3.62. The van der Waals surface area contributed by atoms with Gasteiger partial charge < -0.3 is 15.0 Å². The SMILES string of the molecule is COc1ccc(C)cc1N1CCNC(CC(C)C)C1. The van der Waals surface area contributed by atoms with E-state index >= 15 is 0 Å². The van der Waals surface area contributed by atoms with E-state index in [1.807, 2.05) is 0 Å². The molecule has 3 nitrogen and oxygen atoms in total. The van der Waals surface area contributed by atoms with E-state index in [9.17, 15) is 0 Å². The van der Waals surface area contributed by atoms with Gasteiger partial charge in [0.15, 0.2) is 0 Å². The Kier molecular flexibility index (Phi) is 4.70. The molecular formula is C16H26N2O. The first-order valence-electron chi connectivity index (χ1n) is 7.23. The summed E-state index contributed by atoms with van der Waals surface area (Å²) in [6.07, 6.45) is 1.23. The topological polar surface area (TPSA) is 24.5 Å². The zero-order valence-corrected chi connectivity index (χ0v) is 12.6. The van der Waals surface area contributed by atoms with Crippen LogP contribution in [-0.4, -0.2) is 32.8 Å². The van der Waals surface area contributed by atoms with Gasteiger partial charge in [0.05, 0.1) is 12.8 Å². The van der Waals surface area contributed by atoms with Crippen molar-refractivity contribution in [3.05, 3.63) is 23.8 Å². The van der Waals surface area contributed by atoms with Crippen LogP contribution < -0.4 is 15.0 Å². The van der Waals surface area contributed by atoms with Gasteiger partial charge in [0.25, 0.3) is 0 Å². The molecular weight excluding hydrogens is 236 g/mol. The number of rotatable bonds is 4. The molecule has 0 spiro atoms. The third kappa shape index (κ3) is 3.63. The lowest BCUT2D eigenvalue weighted by Crippen LogP contribution is -2.51. The van der Waals surface area contributed by atoms with Gasteiger partial charge in [-0.25, -0.2) is 0 Å². The molecule has 1 atom stereocenters. The molecule has 1 aliphatic rings. The van der Waals surface area contributed by atoms with Gasteiger partial charge in [0.2, 0.25) is 0 Å². The second kappa shape index (κ2) is 6.29. The predicted molar refractivity (Wildman–Crippen MR) is 81.2 cm³/mol. The minimum absolute atomic E-state index is 0.582. The Morgan fingerprint density at radius 3 is 2.89 bits per heavy atom.